The molecule has 0 fully saturated rings. The van der Waals surface area contributed by atoms with Gasteiger partial charge in [0.2, 0.25) is 15.9 Å². The van der Waals surface area contributed by atoms with Crippen LogP contribution in [0.3, 0.4) is 0 Å². The van der Waals surface area contributed by atoms with Gasteiger partial charge < -0.3 is 9.88 Å². The first-order valence-corrected chi connectivity index (χ1v) is 9.79. The lowest BCUT2D eigenvalue weighted by Crippen LogP contribution is -2.26. The number of rotatable bonds is 6. The third-order valence-corrected chi connectivity index (χ3v) is 5.71. The lowest BCUT2D eigenvalue weighted by atomic mass is 10.2. The van der Waals surface area contributed by atoms with Gasteiger partial charge in [0.1, 0.15) is 6.54 Å². The Morgan fingerprint density at radius 3 is 2.54 bits per heavy atom. The summed E-state index contributed by atoms with van der Waals surface area (Å²) in [6.07, 6.45) is 1.85. The first-order chi connectivity index (χ1) is 12.4. The summed E-state index contributed by atoms with van der Waals surface area (Å²) in [7, 11) is -2.09. The average Bonchev–Trinajstić information content (AvgIpc) is 3.02. The molecule has 2 N–H and O–H groups in total. The largest absolute Gasteiger partial charge is 0.350 e. The first-order valence-electron chi connectivity index (χ1n) is 7.92. The van der Waals surface area contributed by atoms with Gasteiger partial charge in [0, 0.05) is 23.3 Å². The Morgan fingerprint density at radius 1 is 1.12 bits per heavy atom. The van der Waals surface area contributed by atoms with Gasteiger partial charge in [0.25, 0.3) is 0 Å². The minimum atomic E-state index is -3.46. The van der Waals surface area contributed by atoms with E-state index in [2.05, 4.69) is 10.0 Å². The molecular weight excluding hydrogens is 374 g/mol. The van der Waals surface area contributed by atoms with E-state index >= 15 is 0 Å². The molecule has 136 valence electrons. The minimum Gasteiger partial charge on any atom is -0.350 e. The van der Waals surface area contributed by atoms with Gasteiger partial charge in [-0.25, -0.2) is 13.1 Å². The molecule has 0 saturated heterocycles. The van der Waals surface area contributed by atoms with Crippen molar-refractivity contribution in [3.05, 3.63) is 65.3 Å². The number of aromatic nitrogens is 1. The maximum Gasteiger partial charge on any atom is 0.240 e. The Bertz CT molecular complexity index is 1040. The normalized spacial score (nSPS) is 11.6. The fourth-order valence-electron chi connectivity index (χ4n) is 2.61. The summed E-state index contributed by atoms with van der Waals surface area (Å²) >= 11 is 6.02. The maximum atomic E-state index is 12.2. The predicted octanol–water partition coefficient (Wildman–Crippen LogP) is 2.52. The summed E-state index contributed by atoms with van der Waals surface area (Å²) < 4.78 is 27.5. The van der Waals surface area contributed by atoms with Crippen molar-refractivity contribution in [2.45, 2.75) is 18.0 Å². The fraction of sp³-hybridized carbons (Fsp3) is 0.167. The molecule has 0 unspecified atom stereocenters. The summed E-state index contributed by atoms with van der Waals surface area (Å²) in [6, 6.07) is 13.8. The molecule has 0 bridgehead atoms. The highest BCUT2D eigenvalue weighted by Crippen LogP contribution is 2.20. The number of carbonyl (C=O) groups is 1. The van der Waals surface area contributed by atoms with Crippen molar-refractivity contribution in [1.82, 2.24) is 14.6 Å². The van der Waals surface area contributed by atoms with Crippen molar-refractivity contribution in [3.8, 4) is 0 Å². The first kappa shape index (κ1) is 18.4. The molecule has 0 saturated carbocycles. The van der Waals surface area contributed by atoms with E-state index in [9.17, 15) is 13.2 Å². The molecule has 3 rings (SSSR count). The quantitative estimate of drug-likeness (QED) is 0.677. The van der Waals surface area contributed by atoms with Crippen LogP contribution in [0.5, 0.6) is 0 Å². The van der Waals surface area contributed by atoms with Crippen molar-refractivity contribution in [2.75, 3.05) is 7.05 Å². The van der Waals surface area contributed by atoms with Crippen molar-refractivity contribution >= 4 is 38.4 Å². The molecule has 3 aromatic rings. The van der Waals surface area contributed by atoms with E-state index in [4.69, 9.17) is 11.6 Å². The van der Waals surface area contributed by atoms with Gasteiger partial charge >= 0.3 is 0 Å². The summed E-state index contributed by atoms with van der Waals surface area (Å²) in [6.45, 7) is 0.495. The minimum absolute atomic E-state index is 0.144. The third kappa shape index (κ3) is 4.07. The number of hydrogen-bond donors (Lipinski definition) is 2. The maximum absolute atomic E-state index is 12.2. The van der Waals surface area contributed by atoms with Crippen LogP contribution in [0.15, 0.2) is 59.6 Å². The van der Waals surface area contributed by atoms with Gasteiger partial charge in [-0.2, -0.15) is 0 Å². The molecule has 1 heterocycles. The molecule has 0 spiro atoms. The Hall–Kier alpha value is -2.35. The van der Waals surface area contributed by atoms with Crippen LogP contribution in [-0.4, -0.2) is 25.9 Å². The topological polar surface area (TPSA) is 80.2 Å². The summed E-state index contributed by atoms with van der Waals surface area (Å²) in [5, 5.41) is 4.47. The molecule has 0 aliphatic rings. The lowest BCUT2D eigenvalue weighted by molar-refractivity contribution is -0.121. The second kappa shape index (κ2) is 7.49. The van der Waals surface area contributed by atoms with E-state index in [-0.39, 0.29) is 17.3 Å². The molecule has 6 nitrogen and oxygen atoms in total. The Morgan fingerprint density at radius 2 is 1.85 bits per heavy atom. The van der Waals surface area contributed by atoms with E-state index < -0.39 is 10.0 Å². The number of sulfonamides is 1. The molecule has 0 radical (unpaired) electrons. The Kier molecular flexibility index (Phi) is 5.31. The molecule has 0 aliphatic carbocycles. The molecule has 2 aromatic carbocycles. The van der Waals surface area contributed by atoms with Crippen LogP contribution in [0.4, 0.5) is 0 Å². The van der Waals surface area contributed by atoms with Crippen molar-refractivity contribution < 1.29 is 13.2 Å². The van der Waals surface area contributed by atoms with Gasteiger partial charge in [0.05, 0.1) is 4.90 Å². The highest BCUT2D eigenvalue weighted by atomic mass is 35.5. The number of carbonyl (C=O) groups excluding carboxylic acids is 1. The predicted molar refractivity (Wildman–Crippen MR) is 101 cm³/mol. The third-order valence-electron chi connectivity index (χ3n) is 4.04. The Labute approximate surface area is 156 Å². The molecule has 1 aromatic heterocycles. The molecule has 0 aliphatic heterocycles. The monoisotopic (exact) mass is 391 g/mol. The van der Waals surface area contributed by atoms with Crippen molar-refractivity contribution in [2.24, 2.45) is 0 Å². The number of hydrogen-bond acceptors (Lipinski definition) is 3. The zero-order valence-corrected chi connectivity index (χ0v) is 15.6. The zero-order chi connectivity index (χ0) is 18.7. The number of amides is 1. The summed E-state index contributed by atoms with van der Waals surface area (Å²) in [5.41, 5.74) is 1.71. The number of benzene rings is 2. The average molecular weight is 392 g/mol. The number of nitrogens with one attached hydrogen (secondary N) is 2. The second-order valence-corrected chi connectivity index (χ2v) is 8.10. The molecule has 8 heteroatoms. The fourth-order valence-corrected chi connectivity index (χ4v) is 3.51. The lowest BCUT2D eigenvalue weighted by Gasteiger charge is -2.09. The van der Waals surface area contributed by atoms with Gasteiger partial charge in [-0.3, -0.25) is 4.79 Å². The molecule has 26 heavy (non-hydrogen) atoms. The van der Waals surface area contributed by atoms with Crippen LogP contribution in [-0.2, 0) is 27.9 Å². The van der Waals surface area contributed by atoms with Crippen LogP contribution >= 0.6 is 11.6 Å². The number of nitrogens with zero attached hydrogens (tertiary/aromatic N) is 1. The highest BCUT2D eigenvalue weighted by Gasteiger charge is 2.11. The Balaban J connectivity index is 1.63. The standard InChI is InChI=1S/C18H18ClN3O3S/c1-20-26(24,25)16-6-2-13(3-7-16)11-21-18(23)12-22-9-8-14-4-5-15(19)10-17(14)22/h2-10,20H,11-12H2,1H3,(H,21,23). The summed E-state index contributed by atoms with van der Waals surface area (Å²) in [4.78, 5) is 12.4. The second-order valence-electron chi connectivity index (χ2n) is 5.78. The van der Waals surface area contributed by atoms with E-state index in [1.807, 2.05) is 35.0 Å². The van der Waals surface area contributed by atoms with Crippen molar-refractivity contribution in [3.63, 3.8) is 0 Å². The van der Waals surface area contributed by atoms with Crippen LogP contribution in [0.2, 0.25) is 5.02 Å². The van der Waals surface area contributed by atoms with Gasteiger partial charge in [0.15, 0.2) is 0 Å². The van der Waals surface area contributed by atoms with Crippen LogP contribution in [0.25, 0.3) is 10.9 Å². The molecule has 1 amide bonds. The van der Waals surface area contributed by atoms with E-state index in [0.717, 1.165) is 16.5 Å². The van der Waals surface area contributed by atoms with Gasteiger partial charge in [-0.05, 0) is 48.3 Å². The van der Waals surface area contributed by atoms with E-state index in [0.29, 0.717) is 11.6 Å². The van der Waals surface area contributed by atoms with Crippen LogP contribution in [0, 0.1) is 0 Å². The van der Waals surface area contributed by atoms with E-state index in [1.54, 1.807) is 12.1 Å². The van der Waals surface area contributed by atoms with E-state index in [1.165, 1.54) is 19.2 Å². The SMILES string of the molecule is CNS(=O)(=O)c1ccc(CNC(=O)Cn2ccc3ccc(Cl)cc32)cc1. The number of fused-ring (bicyclic) bond motifs is 1. The van der Waals surface area contributed by atoms with Crippen molar-refractivity contribution in [1.29, 1.82) is 0 Å². The molecule has 0 atom stereocenters. The van der Waals surface area contributed by atoms with Gasteiger partial charge in [-0.1, -0.05) is 29.8 Å². The van der Waals surface area contributed by atoms with Gasteiger partial charge in [-0.15, -0.1) is 0 Å². The summed E-state index contributed by atoms with van der Waals surface area (Å²) in [5.74, 6) is -0.144. The van der Waals surface area contributed by atoms with Crippen LogP contribution < -0.4 is 10.0 Å². The zero-order valence-electron chi connectivity index (χ0n) is 14.1. The number of halogens is 1. The highest BCUT2D eigenvalue weighted by molar-refractivity contribution is 7.89. The molecular formula is C18H18ClN3O3S. The van der Waals surface area contributed by atoms with Crippen LogP contribution in [0.1, 0.15) is 5.56 Å². The smallest absolute Gasteiger partial charge is 0.240 e.